The minimum Gasteiger partial charge on any atom is -0.324 e. The molecule has 0 spiro atoms. The maximum absolute atomic E-state index is 5.96. The Kier molecular flexibility index (Phi) is 3.49. The summed E-state index contributed by atoms with van der Waals surface area (Å²) in [5.74, 6) is 0.908. The van der Waals surface area contributed by atoms with Crippen molar-refractivity contribution in [1.82, 2.24) is 14.8 Å². The zero-order valence-electron chi connectivity index (χ0n) is 10.2. The predicted octanol–water partition coefficient (Wildman–Crippen LogP) is 2.29. The molecule has 0 unspecified atom stereocenters. The van der Waals surface area contributed by atoms with E-state index in [9.17, 15) is 0 Å². The van der Waals surface area contributed by atoms with Gasteiger partial charge in [-0.2, -0.15) is 0 Å². The molecule has 1 aromatic heterocycles. The second kappa shape index (κ2) is 4.89. The second-order valence-corrected chi connectivity index (χ2v) is 5.03. The summed E-state index contributed by atoms with van der Waals surface area (Å²) in [5.41, 5.74) is 7.09. The highest BCUT2D eigenvalue weighted by atomic mass is 32.2. The molecule has 90 valence electrons. The standard InChI is InChI=1S/C12H16N4S/c1-8(13)10-6-4-5-7-11(10)17-12-15-14-9(2)16(12)3/h4-8H,13H2,1-3H3/t8-/m0/s1. The summed E-state index contributed by atoms with van der Waals surface area (Å²) < 4.78 is 1.97. The molecule has 5 heteroatoms. The lowest BCUT2D eigenvalue weighted by atomic mass is 10.1. The monoisotopic (exact) mass is 248 g/mol. The van der Waals surface area contributed by atoms with Gasteiger partial charge in [-0.1, -0.05) is 18.2 Å². The Balaban J connectivity index is 2.33. The Morgan fingerprint density at radius 2 is 2.00 bits per heavy atom. The first kappa shape index (κ1) is 12.1. The van der Waals surface area contributed by atoms with Crippen molar-refractivity contribution in [3.8, 4) is 0 Å². The highest BCUT2D eigenvalue weighted by molar-refractivity contribution is 7.99. The van der Waals surface area contributed by atoms with Crippen molar-refractivity contribution in [2.45, 2.75) is 29.9 Å². The third-order valence-corrected chi connectivity index (χ3v) is 3.79. The van der Waals surface area contributed by atoms with Gasteiger partial charge in [0.1, 0.15) is 5.82 Å². The lowest BCUT2D eigenvalue weighted by Crippen LogP contribution is -2.06. The SMILES string of the molecule is Cc1nnc(Sc2ccccc2[C@H](C)N)n1C. The van der Waals surface area contributed by atoms with Crippen LogP contribution in [0.2, 0.25) is 0 Å². The molecule has 0 amide bonds. The third kappa shape index (κ3) is 2.50. The van der Waals surface area contributed by atoms with Gasteiger partial charge < -0.3 is 10.3 Å². The van der Waals surface area contributed by atoms with Gasteiger partial charge in [-0.25, -0.2) is 0 Å². The van der Waals surface area contributed by atoms with Crippen molar-refractivity contribution in [1.29, 1.82) is 0 Å². The van der Waals surface area contributed by atoms with Gasteiger partial charge in [0, 0.05) is 18.0 Å². The molecule has 2 aromatic rings. The van der Waals surface area contributed by atoms with Crippen LogP contribution in [0.1, 0.15) is 24.4 Å². The number of hydrogen-bond donors (Lipinski definition) is 1. The minimum absolute atomic E-state index is 0.0213. The van der Waals surface area contributed by atoms with E-state index < -0.39 is 0 Å². The summed E-state index contributed by atoms with van der Waals surface area (Å²) in [4.78, 5) is 1.14. The first-order valence-electron chi connectivity index (χ1n) is 5.48. The summed E-state index contributed by atoms with van der Waals surface area (Å²) in [7, 11) is 1.96. The highest BCUT2D eigenvalue weighted by Gasteiger charge is 2.11. The molecule has 1 heterocycles. The van der Waals surface area contributed by atoms with E-state index in [0.29, 0.717) is 0 Å². The van der Waals surface area contributed by atoms with E-state index in [1.54, 1.807) is 11.8 Å². The van der Waals surface area contributed by atoms with Gasteiger partial charge in [0.05, 0.1) is 0 Å². The first-order valence-corrected chi connectivity index (χ1v) is 6.29. The highest BCUT2D eigenvalue weighted by Crippen LogP contribution is 2.31. The van der Waals surface area contributed by atoms with Crippen molar-refractivity contribution >= 4 is 11.8 Å². The minimum atomic E-state index is 0.0213. The number of nitrogens with zero attached hydrogens (tertiary/aromatic N) is 3. The molecule has 1 atom stereocenters. The van der Waals surface area contributed by atoms with Gasteiger partial charge in [-0.05, 0) is 37.2 Å². The lowest BCUT2D eigenvalue weighted by Gasteiger charge is -2.11. The van der Waals surface area contributed by atoms with E-state index in [4.69, 9.17) is 5.73 Å². The van der Waals surface area contributed by atoms with Gasteiger partial charge in [-0.3, -0.25) is 0 Å². The molecule has 17 heavy (non-hydrogen) atoms. The molecule has 0 aliphatic carbocycles. The van der Waals surface area contributed by atoms with Crippen molar-refractivity contribution in [2.24, 2.45) is 12.8 Å². The third-order valence-electron chi connectivity index (χ3n) is 2.66. The molecule has 4 nitrogen and oxygen atoms in total. The summed E-state index contributed by atoms with van der Waals surface area (Å²) >= 11 is 1.60. The summed E-state index contributed by atoms with van der Waals surface area (Å²) in [6.07, 6.45) is 0. The van der Waals surface area contributed by atoms with E-state index in [-0.39, 0.29) is 6.04 Å². The van der Waals surface area contributed by atoms with Crippen LogP contribution in [0.4, 0.5) is 0 Å². The van der Waals surface area contributed by atoms with E-state index >= 15 is 0 Å². The maximum Gasteiger partial charge on any atom is 0.195 e. The topological polar surface area (TPSA) is 56.7 Å². The summed E-state index contributed by atoms with van der Waals surface area (Å²) in [5, 5.41) is 9.08. The Morgan fingerprint density at radius 1 is 1.29 bits per heavy atom. The fourth-order valence-corrected chi connectivity index (χ4v) is 2.59. The van der Waals surface area contributed by atoms with E-state index in [2.05, 4.69) is 22.3 Å². The molecule has 0 bridgehead atoms. The predicted molar refractivity (Wildman–Crippen MR) is 68.9 cm³/mol. The van der Waals surface area contributed by atoms with Crippen LogP contribution in [0.15, 0.2) is 34.3 Å². The molecule has 0 saturated heterocycles. The Bertz CT molecular complexity index is 519. The molecule has 1 aromatic carbocycles. The van der Waals surface area contributed by atoms with Crippen LogP contribution in [-0.2, 0) is 7.05 Å². The van der Waals surface area contributed by atoms with Crippen LogP contribution in [0.3, 0.4) is 0 Å². The number of aryl methyl sites for hydroxylation is 1. The van der Waals surface area contributed by atoms with Crippen LogP contribution in [-0.4, -0.2) is 14.8 Å². The van der Waals surface area contributed by atoms with E-state index in [0.717, 1.165) is 21.4 Å². The van der Waals surface area contributed by atoms with Crippen molar-refractivity contribution in [3.05, 3.63) is 35.7 Å². The normalized spacial score (nSPS) is 12.7. The maximum atomic E-state index is 5.96. The van der Waals surface area contributed by atoms with Gasteiger partial charge in [-0.15, -0.1) is 10.2 Å². The largest absolute Gasteiger partial charge is 0.324 e. The van der Waals surface area contributed by atoms with Gasteiger partial charge in [0.15, 0.2) is 5.16 Å². The van der Waals surface area contributed by atoms with Crippen LogP contribution < -0.4 is 5.73 Å². The number of benzene rings is 1. The smallest absolute Gasteiger partial charge is 0.195 e. The number of nitrogens with two attached hydrogens (primary N) is 1. The van der Waals surface area contributed by atoms with Crippen LogP contribution in [0.5, 0.6) is 0 Å². The molecular weight excluding hydrogens is 232 g/mol. The van der Waals surface area contributed by atoms with Gasteiger partial charge in [0.25, 0.3) is 0 Å². The van der Waals surface area contributed by atoms with Crippen molar-refractivity contribution in [2.75, 3.05) is 0 Å². The number of rotatable bonds is 3. The second-order valence-electron chi connectivity index (χ2n) is 4.02. The zero-order chi connectivity index (χ0) is 12.4. The molecule has 2 rings (SSSR count). The van der Waals surface area contributed by atoms with E-state index in [1.807, 2.05) is 37.6 Å². The van der Waals surface area contributed by atoms with Crippen molar-refractivity contribution in [3.63, 3.8) is 0 Å². The Hall–Kier alpha value is -1.33. The van der Waals surface area contributed by atoms with Crippen molar-refractivity contribution < 1.29 is 0 Å². The number of hydrogen-bond acceptors (Lipinski definition) is 4. The fraction of sp³-hybridized carbons (Fsp3) is 0.333. The van der Waals surface area contributed by atoms with Crippen LogP contribution in [0, 0.1) is 6.92 Å². The van der Waals surface area contributed by atoms with E-state index in [1.165, 1.54) is 0 Å². The molecule has 0 aliphatic heterocycles. The molecule has 0 fully saturated rings. The fourth-order valence-electron chi connectivity index (χ4n) is 1.52. The van der Waals surface area contributed by atoms with Crippen LogP contribution >= 0.6 is 11.8 Å². The van der Waals surface area contributed by atoms with Gasteiger partial charge >= 0.3 is 0 Å². The molecular formula is C12H16N4S. The molecule has 0 radical (unpaired) electrons. The molecule has 0 saturated carbocycles. The number of aromatic nitrogens is 3. The Morgan fingerprint density at radius 3 is 2.59 bits per heavy atom. The molecule has 0 aliphatic rings. The summed E-state index contributed by atoms with van der Waals surface area (Å²) in [6, 6.07) is 8.15. The average molecular weight is 248 g/mol. The summed E-state index contributed by atoms with van der Waals surface area (Å²) in [6.45, 7) is 3.93. The zero-order valence-corrected chi connectivity index (χ0v) is 11.0. The van der Waals surface area contributed by atoms with Crippen LogP contribution in [0.25, 0.3) is 0 Å². The Labute approximate surface area is 105 Å². The lowest BCUT2D eigenvalue weighted by molar-refractivity contribution is 0.762. The molecule has 2 N–H and O–H groups in total. The average Bonchev–Trinajstić information content (AvgIpc) is 2.61. The first-order chi connectivity index (χ1) is 8.09. The quantitative estimate of drug-likeness (QED) is 0.905. The van der Waals surface area contributed by atoms with Gasteiger partial charge in [0.2, 0.25) is 0 Å².